The average molecular weight is 921 g/mol. The summed E-state index contributed by atoms with van der Waals surface area (Å²) < 4.78 is 17.4. The number of Topliss-reactive ketones (excluding diaryl/α,β-unsaturated/α-hetero) is 1. The molecule has 15 heteroatoms. The predicted molar refractivity (Wildman–Crippen MR) is 258 cm³/mol. The molecule has 0 spiro atoms. The molecule has 0 aromatic heterocycles. The van der Waals surface area contributed by atoms with Crippen LogP contribution in [0.2, 0.25) is 0 Å². The van der Waals surface area contributed by atoms with E-state index in [2.05, 4.69) is 16.0 Å². The zero-order chi connectivity index (χ0) is 49.6. The second-order valence-corrected chi connectivity index (χ2v) is 19.7. The van der Waals surface area contributed by atoms with E-state index in [9.17, 15) is 28.8 Å². The lowest BCUT2D eigenvalue weighted by atomic mass is 9.89. The normalized spacial score (nSPS) is 17.8. The molecule has 2 aromatic carbocycles. The van der Waals surface area contributed by atoms with Crippen LogP contribution in [0.15, 0.2) is 54.6 Å². The van der Waals surface area contributed by atoms with E-state index in [-0.39, 0.29) is 53.6 Å². The summed E-state index contributed by atoms with van der Waals surface area (Å²) in [6, 6.07) is 13.0. The van der Waals surface area contributed by atoms with E-state index in [4.69, 9.17) is 14.2 Å². The highest BCUT2D eigenvalue weighted by Gasteiger charge is 2.43. The van der Waals surface area contributed by atoms with Crippen molar-refractivity contribution < 1.29 is 43.0 Å². The molecule has 5 amide bonds. The first-order valence-electron chi connectivity index (χ1n) is 23.6. The summed E-state index contributed by atoms with van der Waals surface area (Å²) in [6.45, 7) is 21.4. The Morgan fingerprint density at radius 2 is 1.48 bits per heavy atom. The van der Waals surface area contributed by atoms with Gasteiger partial charge in [0.25, 0.3) is 0 Å². The summed E-state index contributed by atoms with van der Waals surface area (Å²) in [5.74, 6) is -2.45. The number of nitrogens with one attached hydrogen (secondary N) is 3. The summed E-state index contributed by atoms with van der Waals surface area (Å²) in [4.78, 5) is 87.7. The molecule has 15 nitrogen and oxygen atoms in total. The molecule has 66 heavy (non-hydrogen) atoms. The molecule has 0 aliphatic carbocycles. The van der Waals surface area contributed by atoms with Gasteiger partial charge in [0.15, 0.2) is 5.78 Å². The molecule has 1 aliphatic rings. The van der Waals surface area contributed by atoms with Crippen LogP contribution < -0.4 is 16.0 Å². The van der Waals surface area contributed by atoms with Gasteiger partial charge >= 0.3 is 6.09 Å². The fourth-order valence-electron chi connectivity index (χ4n) is 9.11. The van der Waals surface area contributed by atoms with Crippen molar-refractivity contribution in [3.8, 4) is 0 Å². The lowest BCUT2D eigenvalue weighted by Crippen LogP contribution is -2.60. The van der Waals surface area contributed by atoms with Gasteiger partial charge in [-0.3, -0.25) is 34.2 Å². The van der Waals surface area contributed by atoms with E-state index in [0.29, 0.717) is 37.2 Å². The first-order valence-corrected chi connectivity index (χ1v) is 23.6. The molecule has 1 heterocycles. The third-order valence-electron chi connectivity index (χ3n) is 12.7. The Balaban J connectivity index is 1.76. The Hall–Kier alpha value is -4.86. The quantitative estimate of drug-likeness (QED) is 0.0991. The van der Waals surface area contributed by atoms with Gasteiger partial charge in [0.1, 0.15) is 11.6 Å². The van der Waals surface area contributed by atoms with Crippen LogP contribution in [0.25, 0.3) is 0 Å². The Labute approximate surface area is 394 Å². The molecule has 368 valence electrons. The lowest BCUT2D eigenvalue weighted by molar-refractivity contribution is -0.148. The molecule has 2 aromatic rings. The molecule has 0 saturated carbocycles. The molecule has 9 atom stereocenters. The molecule has 0 radical (unpaired) electrons. The van der Waals surface area contributed by atoms with Gasteiger partial charge in [-0.2, -0.15) is 0 Å². The highest BCUT2D eigenvalue weighted by atomic mass is 16.6. The molecule has 1 fully saturated rings. The van der Waals surface area contributed by atoms with Crippen LogP contribution in [0, 0.1) is 23.7 Å². The van der Waals surface area contributed by atoms with Crippen LogP contribution >= 0.6 is 0 Å². The number of methoxy groups -OCH3 is 2. The first kappa shape index (κ1) is 55.5. The van der Waals surface area contributed by atoms with Gasteiger partial charge in [0.05, 0.1) is 48.7 Å². The van der Waals surface area contributed by atoms with Crippen molar-refractivity contribution in [3.63, 3.8) is 0 Å². The van der Waals surface area contributed by atoms with Crippen molar-refractivity contribution in [2.75, 3.05) is 40.2 Å². The fraction of sp³-hybridized carbons (Fsp3) is 0.647. The summed E-state index contributed by atoms with van der Waals surface area (Å²) in [5.41, 5.74) is 1.30. The Bertz CT molecular complexity index is 1920. The number of anilines is 1. The van der Waals surface area contributed by atoms with E-state index in [1.807, 2.05) is 77.8 Å². The molecular formula is C51H80N6O9. The maximum absolute atomic E-state index is 14.7. The van der Waals surface area contributed by atoms with Crippen molar-refractivity contribution in [2.45, 2.75) is 156 Å². The van der Waals surface area contributed by atoms with Crippen molar-refractivity contribution in [1.82, 2.24) is 25.3 Å². The molecular weight excluding hydrogens is 841 g/mol. The van der Waals surface area contributed by atoms with Crippen LogP contribution in [-0.4, -0.2) is 133 Å². The number of carbonyl (C=O) groups excluding carboxylic acids is 6. The number of ketones is 1. The van der Waals surface area contributed by atoms with Crippen molar-refractivity contribution in [2.24, 2.45) is 23.7 Å². The Kier molecular flexibility index (Phi) is 21.3. The zero-order valence-electron chi connectivity index (χ0n) is 42.3. The number of nitrogens with zero attached hydrogens (tertiary/aromatic N) is 3. The number of carbonyl (C=O) groups is 6. The van der Waals surface area contributed by atoms with Crippen molar-refractivity contribution >= 4 is 41.2 Å². The topological polar surface area (TPSA) is 176 Å². The number of benzene rings is 2. The minimum Gasteiger partial charge on any atom is -0.444 e. The van der Waals surface area contributed by atoms with Gasteiger partial charge in [0.2, 0.25) is 23.6 Å². The lowest BCUT2D eigenvalue weighted by Gasteiger charge is -2.41. The number of likely N-dealkylation sites (N-methyl/N-ethyl adjacent to an activating group) is 2. The van der Waals surface area contributed by atoms with Crippen molar-refractivity contribution in [3.05, 3.63) is 65.7 Å². The van der Waals surface area contributed by atoms with Crippen LogP contribution in [0.3, 0.4) is 0 Å². The van der Waals surface area contributed by atoms with E-state index in [1.54, 1.807) is 88.9 Å². The van der Waals surface area contributed by atoms with E-state index in [0.717, 1.165) is 12.0 Å². The molecule has 1 aliphatic heterocycles. The van der Waals surface area contributed by atoms with E-state index < -0.39 is 60.0 Å². The van der Waals surface area contributed by atoms with Crippen LogP contribution in [0.4, 0.5) is 10.5 Å². The maximum atomic E-state index is 14.7. The fourth-order valence-corrected chi connectivity index (χ4v) is 9.11. The summed E-state index contributed by atoms with van der Waals surface area (Å²) in [7, 11) is 6.65. The predicted octanol–water partition coefficient (Wildman–Crippen LogP) is 6.94. The highest BCUT2D eigenvalue weighted by molar-refractivity contribution is 6.01. The minimum absolute atomic E-state index is 0.0212. The highest BCUT2D eigenvalue weighted by Crippen LogP contribution is 2.30. The zero-order valence-corrected chi connectivity index (χ0v) is 42.3. The summed E-state index contributed by atoms with van der Waals surface area (Å²) in [5, 5.41) is 8.73. The molecule has 0 bridgehead atoms. The van der Waals surface area contributed by atoms with E-state index >= 15 is 0 Å². The van der Waals surface area contributed by atoms with Gasteiger partial charge in [0, 0.05) is 45.6 Å². The minimum atomic E-state index is -0.873. The smallest absolute Gasteiger partial charge is 0.412 e. The van der Waals surface area contributed by atoms with E-state index in [1.165, 1.54) is 7.11 Å². The van der Waals surface area contributed by atoms with Gasteiger partial charge in [-0.05, 0) is 83.0 Å². The number of rotatable bonds is 23. The standard InChI is InChI=1S/C51H80N6O9/c1-16-33(6)44(40(64-14)29-41(58)57-27-21-26-39(57)46(65-15)34(7)47(60)52-35(8)45(59)37-23-18-17-19-24-37)56(13)49(62)42(31(2)3)54-48(61)43(32(4)5)55(12)30-36-22-20-25-38(28-36)53-50(63)66-51(9,10)11/h17-20,22-25,28,31-35,39-40,42-44,46H,16,21,26-27,29-30H2,1-15H3,(H,52,60)(H,53,63)(H,54,61)/t33-,34?,35+,39-,40+,42-,43-,44-,46?/m0/s1. The Morgan fingerprint density at radius 1 is 0.833 bits per heavy atom. The van der Waals surface area contributed by atoms with Gasteiger partial charge in [-0.15, -0.1) is 0 Å². The number of hydrogen-bond donors (Lipinski definition) is 3. The number of amides is 5. The third-order valence-corrected chi connectivity index (χ3v) is 12.7. The van der Waals surface area contributed by atoms with Gasteiger partial charge < -0.3 is 34.6 Å². The Morgan fingerprint density at radius 3 is 2.05 bits per heavy atom. The van der Waals surface area contributed by atoms with Gasteiger partial charge in [-0.1, -0.05) is 97.4 Å². The number of hydrogen-bond acceptors (Lipinski definition) is 10. The van der Waals surface area contributed by atoms with Crippen LogP contribution in [-0.2, 0) is 39.9 Å². The third kappa shape index (κ3) is 15.3. The first-order chi connectivity index (χ1) is 30.9. The number of ether oxygens (including phenoxy) is 3. The van der Waals surface area contributed by atoms with Gasteiger partial charge in [-0.25, -0.2) is 4.79 Å². The summed E-state index contributed by atoms with van der Waals surface area (Å²) in [6.07, 6.45) is 0.139. The monoisotopic (exact) mass is 921 g/mol. The van der Waals surface area contributed by atoms with Crippen LogP contribution in [0.5, 0.6) is 0 Å². The average Bonchev–Trinajstić information content (AvgIpc) is 3.74. The second-order valence-electron chi connectivity index (χ2n) is 19.7. The van der Waals surface area contributed by atoms with Crippen LogP contribution in [0.1, 0.15) is 118 Å². The second kappa shape index (κ2) is 25.3. The molecule has 3 N–H and O–H groups in total. The maximum Gasteiger partial charge on any atom is 0.412 e. The number of likely N-dealkylation sites (tertiary alicyclic amines) is 1. The molecule has 3 rings (SSSR count). The summed E-state index contributed by atoms with van der Waals surface area (Å²) >= 11 is 0. The van der Waals surface area contributed by atoms with Crippen molar-refractivity contribution in [1.29, 1.82) is 0 Å². The SMILES string of the molecule is CC[C@H](C)[C@@H]([C@@H](CC(=O)N1CCC[C@H]1C(OC)C(C)C(=O)N[C@H](C)C(=O)c1ccccc1)OC)N(C)C(=O)[C@@H](NC(=O)[C@H](C(C)C)N(C)Cc1cccc(NC(=O)OC(C)(C)C)c1)C(C)C. The molecule has 2 unspecified atom stereocenters. The molecule has 1 saturated heterocycles. The largest absolute Gasteiger partial charge is 0.444 e.